The predicted octanol–water partition coefficient (Wildman–Crippen LogP) is 1.11. The lowest BCUT2D eigenvalue weighted by atomic mass is 9.86. The average molecular weight is 223 g/mol. The molecule has 0 spiro atoms. The van der Waals surface area contributed by atoms with E-state index in [-0.39, 0.29) is 5.97 Å². The molecule has 0 aliphatic carbocycles. The second kappa shape index (κ2) is 4.92. The summed E-state index contributed by atoms with van der Waals surface area (Å²) < 4.78 is 6.61. The van der Waals surface area contributed by atoms with E-state index in [1.54, 1.807) is 37.8 Å². The molecule has 0 fully saturated rings. The molecule has 0 saturated heterocycles. The number of carbonyl (C=O) groups excluding carboxylic acids is 1. The number of hydrogen-bond acceptors (Lipinski definition) is 4. The first-order chi connectivity index (χ1) is 7.51. The second-order valence-corrected chi connectivity index (χ2v) is 3.90. The van der Waals surface area contributed by atoms with Crippen LogP contribution in [-0.2, 0) is 23.0 Å². The quantitative estimate of drug-likeness (QED) is 0.554. The summed E-state index contributed by atoms with van der Waals surface area (Å²) in [6, 6.07) is 0. The highest BCUT2D eigenvalue weighted by atomic mass is 16.5. The first-order valence-corrected chi connectivity index (χ1v) is 5.18. The van der Waals surface area contributed by atoms with Crippen LogP contribution in [-0.4, -0.2) is 27.6 Å². The van der Waals surface area contributed by atoms with Crippen LogP contribution in [0.5, 0.6) is 0 Å². The zero-order valence-corrected chi connectivity index (χ0v) is 9.93. The van der Waals surface area contributed by atoms with Gasteiger partial charge in [0.1, 0.15) is 0 Å². The van der Waals surface area contributed by atoms with Gasteiger partial charge in [-0.3, -0.25) is 9.48 Å². The summed E-state index contributed by atoms with van der Waals surface area (Å²) in [7, 11) is 1.78. The molecule has 1 heterocycles. The maximum atomic E-state index is 11.8. The van der Waals surface area contributed by atoms with Crippen molar-refractivity contribution in [2.45, 2.75) is 20.3 Å². The predicted molar refractivity (Wildman–Crippen MR) is 59.6 cm³/mol. The Bertz CT molecular complexity index is 386. The molecule has 5 nitrogen and oxygen atoms in total. The highest BCUT2D eigenvalue weighted by Gasteiger charge is 2.32. The van der Waals surface area contributed by atoms with Crippen molar-refractivity contribution in [2.24, 2.45) is 12.5 Å². The first-order valence-electron chi connectivity index (χ1n) is 5.18. The van der Waals surface area contributed by atoms with Gasteiger partial charge < -0.3 is 4.74 Å². The third-order valence-corrected chi connectivity index (χ3v) is 2.39. The van der Waals surface area contributed by atoms with Gasteiger partial charge in [0.05, 0.1) is 17.7 Å². The van der Waals surface area contributed by atoms with E-state index in [0.717, 1.165) is 5.69 Å². The number of esters is 1. The molecule has 0 aromatic carbocycles. The van der Waals surface area contributed by atoms with E-state index in [1.807, 2.05) is 0 Å². The summed E-state index contributed by atoms with van der Waals surface area (Å²) in [6.07, 6.45) is 3.82. The molecule has 0 saturated carbocycles. The van der Waals surface area contributed by atoms with E-state index in [1.165, 1.54) is 0 Å². The highest BCUT2D eigenvalue weighted by molar-refractivity contribution is 5.78. The Labute approximate surface area is 95.1 Å². The molecule has 1 unspecified atom stereocenters. The fourth-order valence-corrected chi connectivity index (χ4v) is 1.38. The molecule has 0 N–H and O–H groups in total. The summed E-state index contributed by atoms with van der Waals surface area (Å²) in [5.41, 5.74) is 0.00410. The fraction of sp³-hybridized carbons (Fsp3) is 0.545. The SMILES string of the molecule is C=CC(C)(Cc1cn(C)nn1)C(=O)OCC. The fourth-order valence-electron chi connectivity index (χ4n) is 1.38. The van der Waals surface area contributed by atoms with E-state index in [9.17, 15) is 4.79 Å². The Balaban J connectivity index is 2.81. The van der Waals surface area contributed by atoms with E-state index in [0.29, 0.717) is 13.0 Å². The Hall–Kier alpha value is -1.65. The van der Waals surface area contributed by atoms with Gasteiger partial charge >= 0.3 is 5.97 Å². The Kier molecular flexibility index (Phi) is 3.82. The molecular formula is C11H17N3O2. The standard InChI is InChI=1S/C11H17N3O2/c1-5-11(3,10(15)16-6-2)7-9-8-14(4)13-12-9/h5,8H,1,6-7H2,2-4H3. The van der Waals surface area contributed by atoms with Gasteiger partial charge in [-0.25, -0.2) is 0 Å². The monoisotopic (exact) mass is 223 g/mol. The van der Waals surface area contributed by atoms with Crippen molar-refractivity contribution >= 4 is 5.97 Å². The van der Waals surface area contributed by atoms with Gasteiger partial charge in [-0.05, 0) is 13.8 Å². The number of carbonyl (C=O) groups is 1. The van der Waals surface area contributed by atoms with Gasteiger partial charge in [-0.15, -0.1) is 11.7 Å². The van der Waals surface area contributed by atoms with Crippen LogP contribution < -0.4 is 0 Å². The molecule has 1 aromatic heterocycles. The lowest BCUT2D eigenvalue weighted by Crippen LogP contribution is -2.30. The second-order valence-electron chi connectivity index (χ2n) is 3.90. The largest absolute Gasteiger partial charge is 0.465 e. The van der Waals surface area contributed by atoms with Gasteiger partial charge in [-0.1, -0.05) is 11.3 Å². The van der Waals surface area contributed by atoms with Crippen molar-refractivity contribution in [2.75, 3.05) is 6.61 Å². The number of aryl methyl sites for hydroxylation is 1. The van der Waals surface area contributed by atoms with E-state index < -0.39 is 5.41 Å². The molecule has 0 bridgehead atoms. The summed E-state index contributed by atoms with van der Waals surface area (Å²) in [4.78, 5) is 11.8. The molecule has 0 amide bonds. The van der Waals surface area contributed by atoms with Gasteiger partial charge in [-0.2, -0.15) is 0 Å². The average Bonchev–Trinajstić information content (AvgIpc) is 2.64. The highest BCUT2D eigenvalue weighted by Crippen LogP contribution is 2.24. The van der Waals surface area contributed by atoms with Gasteiger partial charge in [0, 0.05) is 19.7 Å². The molecule has 88 valence electrons. The number of ether oxygens (including phenoxy) is 1. The van der Waals surface area contributed by atoms with Crippen LogP contribution in [0.2, 0.25) is 0 Å². The molecule has 1 rings (SSSR count). The summed E-state index contributed by atoms with van der Waals surface area (Å²) in [5.74, 6) is -0.282. The lowest BCUT2D eigenvalue weighted by molar-refractivity contribution is -0.151. The van der Waals surface area contributed by atoms with Crippen LogP contribution in [0.1, 0.15) is 19.5 Å². The molecule has 1 atom stereocenters. The molecular weight excluding hydrogens is 206 g/mol. The van der Waals surface area contributed by atoms with Crippen LogP contribution in [0.25, 0.3) is 0 Å². The molecule has 5 heteroatoms. The normalized spacial score (nSPS) is 14.2. The molecule has 0 radical (unpaired) electrons. The summed E-state index contributed by atoms with van der Waals surface area (Å²) >= 11 is 0. The zero-order valence-electron chi connectivity index (χ0n) is 9.93. The minimum absolute atomic E-state index is 0.282. The van der Waals surface area contributed by atoms with Gasteiger partial charge in [0.25, 0.3) is 0 Å². The van der Waals surface area contributed by atoms with Crippen molar-refractivity contribution in [1.29, 1.82) is 0 Å². The summed E-state index contributed by atoms with van der Waals surface area (Å²) in [5, 5.41) is 7.77. The van der Waals surface area contributed by atoms with Crippen LogP contribution in [0, 0.1) is 5.41 Å². The Morgan fingerprint density at radius 1 is 1.75 bits per heavy atom. The van der Waals surface area contributed by atoms with Crippen molar-refractivity contribution in [1.82, 2.24) is 15.0 Å². The molecule has 16 heavy (non-hydrogen) atoms. The van der Waals surface area contributed by atoms with Crippen LogP contribution in [0.3, 0.4) is 0 Å². The van der Waals surface area contributed by atoms with Crippen molar-refractivity contribution in [3.8, 4) is 0 Å². The van der Waals surface area contributed by atoms with Crippen molar-refractivity contribution in [3.05, 3.63) is 24.5 Å². The lowest BCUT2D eigenvalue weighted by Gasteiger charge is -2.21. The molecule has 0 aliphatic heterocycles. The van der Waals surface area contributed by atoms with Crippen molar-refractivity contribution in [3.63, 3.8) is 0 Å². The first kappa shape index (κ1) is 12.4. The van der Waals surface area contributed by atoms with Gasteiger partial charge in [0.2, 0.25) is 0 Å². The zero-order chi connectivity index (χ0) is 12.2. The minimum atomic E-state index is -0.744. The van der Waals surface area contributed by atoms with Crippen LogP contribution >= 0.6 is 0 Å². The van der Waals surface area contributed by atoms with Gasteiger partial charge in [0.15, 0.2) is 0 Å². The minimum Gasteiger partial charge on any atom is -0.465 e. The smallest absolute Gasteiger partial charge is 0.316 e. The molecule has 0 aliphatic rings. The van der Waals surface area contributed by atoms with Crippen molar-refractivity contribution < 1.29 is 9.53 Å². The molecule has 1 aromatic rings. The van der Waals surface area contributed by atoms with Crippen LogP contribution in [0.15, 0.2) is 18.9 Å². The van der Waals surface area contributed by atoms with E-state index >= 15 is 0 Å². The maximum Gasteiger partial charge on any atom is 0.316 e. The number of rotatable bonds is 5. The van der Waals surface area contributed by atoms with E-state index in [4.69, 9.17) is 4.74 Å². The third kappa shape index (κ3) is 2.68. The Morgan fingerprint density at radius 2 is 2.44 bits per heavy atom. The topological polar surface area (TPSA) is 57.0 Å². The number of nitrogens with zero attached hydrogens (tertiary/aromatic N) is 3. The Morgan fingerprint density at radius 3 is 2.88 bits per heavy atom. The number of hydrogen-bond donors (Lipinski definition) is 0. The van der Waals surface area contributed by atoms with E-state index in [2.05, 4.69) is 16.9 Å². The van der Waals surface area contributed by atoms with Crippen LogP contribution in [0.4, 0.5) is 0 Å². The number of aromatic nitrogens is 3. The third-order valence-electron chi connectivity index (χ3n) is 2.39. The maximum absolute atomic E-state index is 11.8. The summed E-state index contributed by atoms with van der Waals surface area (Å²) in [6.45, 7) is 7.61.